The van der Waals surface area contributed by atoms with Crippen molar-refractivity contribution in [2.24, 2.45) is 11.8 Å². The number of benzene rings is 2. The van der Waals surface area contributed by atoms with Gasteiger partial charge < -0.3 is 10.2 Å². The number of anilines is 2. The zero-order valence-electron chi connectivity index (χ0n) is 18.4. The molecule has 170 valence electrons. The lowest BCUT2D eigenvalue weighted by molar-refractivity contribution is -0.150. The number of hydrogen-bond acceptors (Lipinski definition) is 4. The summed E-state index contributed by atoms with van der Waals surface area (Å²) < 4.78 is 0. The lowest BCUT2D eigenvalue weighted by Gasteiger charge is -2.34. The van der Waals surface area contributed by atoms with Gasteiger partial charge in [-0.05, 0) is 49.3 Å². The molecular formula is C26H27N3O4. The van der Waals surface area contributed by atoms with Crippen LogP contribution < -0.4 is 10.2 Å². The number of carbonyl (C=O) groups excluding carboxylic acids is 4. The van der Waals surface area contributed by atoms with E-state index in [1.54, 1.807) is 11.0 Å². The molecule has 2 fully saturated rings. The van der Waals surface area contributed by atoms with E-state index in [1.165, 1.54) is 5.56 Å². The fourth-order valence-corrected chi connectivity index (χ4v) is 5.57. The molecule has 0 aromatic heterocycles. The van der Waals surface area contributed by atoms with Crippen LogP contribution in [-0.2, 0) is 25.6 Å². The number of para-hydroxylation sites is 2. The van der Waals surface area contributed by atoms with Crippen LogP contribution in [0.3, 0.4) is 0 Å². The van der Waals surface area contributed by atoms with Crippen LogP contribution in [0, 0.1) is 11.8 Å². The number of imide groups is 1. The van der Waals surface area contributed by atoms with Gasteiger partial charge in [-0.15, -0.1) is 0 Å². The standard InChI is InChI=1S/C26H27N3O4/c30-22-11-6-12-23(31)28(22)16-24(32)29-20-10-5-4-9-19(20)27-26(33)25-18(13-14-21(25)29)15-17-7-2-1-3-8-17/h1-5,7-10,18,21,25H,6,11-16H2,(H,27,33). The lowest BCUT2D eigenvalue weighted by atomic mass is 9.87. The molecule has 3 aliphatic rings. The molecule has 7 nitrogen and oxygen atoms in total. The molecule has 1 saturated heterocycles. The summed E-state index contributed by atoms with van der Waals surface area (Å²) in [6.45, 7) is -0.285. The SMILES string of the molecule is O=C1Nc2ccccc2N(C(=O)CN2C(=O)CCCC2=O)C2CCC(Cc3ccccc3)C12. The second kappa shape index (κ2) is 8.81. The molecule has 0 spiro atoms. The Morgan fingerprint density at radius 1 is 0.909 bits per heavy atom. The molecule has 1 saturated carbocycles. The average molecular weight is 446 g/mol. The number of nitrogens with zero attached hydrogens (tertiary/aromatic N) is 2. The van der Waals surface area contributed by atoms with Crippen molar-refractivity contribution in [1.82, 2.24) is 4.90 Å². The molecule has 3 unspecified atom stereocenters. The molecule has 1 aliphatic carbocycles. The highest BCUT2D eigenvalue weighted by atomic mass is 16.2. The first kappa shape index (κ1) is 21.4. The van der Waals surface area contributed by atoms with Crippen LogP contribution in [0.25, 0.3) is 0 Å². The molecule has 1 N–H and O–H groups in total. The van der Waals surface area contributed by atoms with Gasteiger partial charge >= 0.3 is 0 Å². The molecule has 2 aromatic rings. The van der Waals surface area contributed by atoms with Crippen molar-refractivity contribution in [2.45, 2.75) is 44.6 Å². The predicted octanol–water partition coefficient (Wildman–Crippen LogP) is 3.15. The molecule has 2 aliphatic heterocycles. The van der Waals surface area contributed by atoms with E-state index in [0.717, 1.165) is 17.7 Å². The lowest BCUT2D eigenvalue weighted by Crippen LogP contribution is -2.51. The van der Waals surface area contributed by atoms with Crippen LogP contribution in [0.4, 0.5) is 11.4 Å². The summed E-state index contributed by atoms with van der Waals surface area (Å²) in [6.07, 6.45) is 3.36. The van der Waals surface area contributed by atoms with Crippen molar-refractivity contribution in [3.63, 3.8) is 0 Å². The smallest absolute Gasteiger partial charge is 0.247 e. The van der Waals surface area contributed by atoms with Crippen molar-refractivity contribution in [3.05, 3.63) is 60.2 Å². The van der Waals surface area contributed by atoms with Gasteiger partial charge in [0.15, 0.2) is 0 Å². The van der Waals surface area contributed by atoms with Crippen molar-refractivity contribution >= 4 is 35.0 Å². The molecule has 0 radical (unpaired) electrons. The molecule has 2 aromatic carbocycles. The van der Waals surface area contributed by atoms with E-state index in [-0.39, 0.29) is 60.9 Å². The van der Waals surface area contributed by atoms with Crippen LogP contribution in [0.5, 0.6) is 0 Å². The van der Waals surface area contributed by atoms with Crippen molar-refractivity contribution < 1.29 is 19.2 Å². The normalized spacial score (nSPS) is 24.7. The zero-order chi connectivity index (χ0) is 22.9. The Kier molecular flexibility index (Phi) is 5.70. The number of hydrogen-bond donors (Lipinski definition) is 1. The summed E-state index contributed by atoms with van der Waals surface area (Å²) in [4.78, 5) is 54.4. The first-order valence-corrected chi connectivity index (χ1v) is 11.6. The molecule has 33 heavy (non-hydrogen) atoms. The van der Waals surface area contributed by atoms with Gasteiger partial charge in [0.25, 0.3) is 0 Å². The first-order valence-electron chi connectivity index (χ1n) is 11.6. The summed E-state index contributed by atoms with van der Waals surface area (Å²) in [7, 11) is 0. The van der Waals surface area contributed by atoms with E-state index < -0.39 is 0 Å². The predicted molar refractivity (Wildman–Crippen MR) is 123 cm³/mol. The maximum atomic E-state index is 13.6. The maximum Gasteiger partial charge on any atom is 0.247 e. The third kappa shape index (κ3) is 4.03. The second-order valence-corrected chi connectivity index (χ2v) is 9.12. The van der Waals surface area contributed by atoms with Gasteiger partial charge in [-0.3, -0.25) is 24.1 Å². The van der Waals surface area contributed by atoms with Crippen LogP contribution >= 0.6 is 0 Å². The molecular weight excluding hydrogens is 418 g/mol. The van der Waals surface area contributed by atoms with E-state index in [9.17, 15) is 19.2 Å². The minimum Gasteiger partial charge on any atom is -0.324 e. The van der Waals surface area contributed by atoms with Crippen LogP contribution in [0.15, 0.2) is 54.6 Å². The Bertz CT molecular complexity index is 1080. The third-order valence-corrected chi connectivity index (χ3v) is 7.10. The number of carbonyl (C=O) groups is 4. The second-order valence-electron chi connectivity index (χ2n) is 9.12. The van der Waals surface area contributed by atoms with Gasteiger partial charge in [0.1, 0.15) is 6.54 Å². The quantitative estimate of drug-likeness (QED) is 0.733. The number of likely N-dealkylation sites (tertiary alicyclic amines) is 1. The number of fused-ring (bicyclic) bond motifs is 2. The fourth-order valence-electron chi connectivity index (χ4n) is 5.57. The number of rotatable bonds is 4. The van der Waals surface area contributed by atoms with E-state index in [4.69, 9.17) is 0 Å². The fraction of sp³-hybridized carbons (Fsp3) is 0.385. The van der Waals surface area contributed by atoms with Crippen molar-refractivity contribution in [3.8, 4) is 0 Å². The van der Waals surface area contributed by atoms with E-state index >= 15 is 0 Å². The molecule has 3 atom stereocenters. The van der Waals surface area contributed by atoms with Crippen LogP contribution in [-0.4, -0.2) is 41.1 Å². The van der Waals surface area contributed by atoms with E-state index in [2.05, 4.69) is 17.4 Å². The Balaban J connectivity index is 1.47. The molecule has 7 heteroatoms. The highest BCUT2D eigenvalue weighted by Gasteiger charge is 2.48. The van der Waals surface area contributed by atoms with Crippen molar-refractivity contribution in [2.75, 3.05) is 16.8 Å². The molecule has 0 bridgehead atoms. The highest BCUT2D eigenvalue weighted by molar-refractivity contribution is 6.08. The Hall–Kier alpha value is -3.48. The third-order valence-electron chi connectivity index (χ3n) is 7.10. The average Bonchev–Trinajstić information content (AvgIpc) is 3.16. The monoisotopic (exact) mass is 445 g/mol. The summed E-state index contributed by atoms with van der Waals surface area (Å²) in [5.74, 6) is -1.28. The highest BCUT2D eigenvalue weighted by Crippen LogP contribution is 2.44. The Morgan fingerprint density at radius 2 is 1.61 bits per heavy atom. The van der Waals surface area contributed by atoms with Gasteiger partial charge in [0, 0.05) is 18.9 Å². The summed E-state index contributed by atoms with van der Waals surface area (Å²) in [6, 6.07) is 17.0. The maximum absolute atomic E-state index is 13.6. The van der Waals surface area contributed by atoms with Gasteiger partial charge in [0.2, 0.25) is 23.6 Å². The van der Waals surface area contributed by atoms with Gasteiger partial charge in [0.05, 0.1) is 17.3 Å². The number of amides is 4. The summed E-state index contributed by atoms with van der Waals surface area (Å²) in [5, 5.41) is 3.04. The Morgan fingerprint density at radius 3 is 2.36 bits per heavy atom. The Labute approximate surface area is 192 Å². The van der Waals surface area contributed by atoms with Gasteiger partial charge in [-0.1, -0.05) is 42.5 Å². The molecule has 2 heterocycles. The van der Waals surface area contributed by atoms with Gasteiger partial charge in [-0.2, -0.15) is 0 Å². The summed E-state index contributed by atoms with van der Waals surface area (Å²) in [5.41, 5.74) is 2.38. The number of nitrogens with one attached hydrogen (secondary N) is 1. The molecule has 4 amide bonds. The summed E-state index contributed by atoms with van der Waals surface area (Å²) >= 11 is 0. The topological polar surface area (TPSA) is 86.8 Å². The van der Waals surface area contributed by atoms with E-state index in [1.807, 2.05) is 36.4 Å². The first-order chi connectivity index (χ1) is 16.0. The molecule has 5 rings (SSSR count). The van der Waals surface area contributed by atoms with E-state index in [0.29, 0.717) is 24.2 Å². The van der Waals surface area contributed by atoms with Crippen molar-refractivity contribution in [1.29, 1.82) is 0 Å². The minimum atomic E-state index is -0.366. The number of piperidine rings is 1. The van der Waals surface area contributed by atoms with Gasteiger partial charge in [-0.25, -0.2) is 0 Å². The van der Waals surface area contributed by atoms with Crippen LogP contribution in [0.2, 0.25) is 0 Å². The van der Waals surface area contributed by atoms with Crippen LogP contribution in [0.1, 0.15) is 37.7 Å². The minimum absolute atomic E-state index is 0.0775. The zero-order valence-corrected chi connectivity index (χ0v) is 18.4. The largest absolute Gasteiger partial charge is 0.324 e.